The number of aryl methyl sites for hydroxylation is 2. The third-order valence-electron chi connectivity index (χ3n) is 5.28. The molecule has 0 atom stereocenters. The number of nitrogens with zero attached hydrogens (tertiary/aromatic N) is 2. The molecule has 2 amide bonds. The van der Waals surface area contributed by atoms with Gasteiger partial charge in [0.2, 0.25) is 5.91 Å². The molecule has 0 aliphatic carbocycles. The minimum absolute atomic E-state index is 0.0553. The molecule has 0 saturated heterocycles. The van der Waals surface area contributed by atoms with E-state index in [2.05, 4.69) is 6.07 Å². The maximum absolute atomic E-state index is 14.8. The van der Waals surface area contributed by atoms with E-state index >= 15 is 0 Å². The summed E-state index contributed by atoms with van der Waals surface area (Å²) in [5.74, 6) is -1.28. The van der Waals surface area contributed by atoms with Crippen molar-refractivity contribution in [2.45, 2.75) is 46.0 Å². The van der Waals surface area contributed by atoms with Gasteiger partial charge < -0.3 is 9.80 Å². The Bertz CT molecular complexity index is 897. The summed E-state index contributed by atoms with van der Waals surface area (Å²) in [6, 6.07) is 10.8. The average Bonchev–Trinajstić information content (AvgIpc) is 2.73. The molecule has 168 valence electrons. The summed E-state index contributed by atoms with van der Waals surface area (Å²) in [5, 5.41) is 8.45. The smallest absolute Gasteiger partial charge is 0.256 e. The molecule has 2 aromatic carbocycles. The fraction of sp³-hybridized carbons (Fsp3) is 0.417. The third kappa shape index (κ3) is 7.07. The maximum Gasteiger partial charge on any atom is 0.256 e. The molecule has 0 saturated carbocycles. The number of hydroxylamine groups is 1. The highest BCUT2D eigenvalue weighted by molar-refractivity contribution is 5.94. The first-order chi connectivity index (χ1) is 14.7. The molecule has 0 fully saturated rings. The Balaban J connectivity index is 1.94. The predicted molar refractivity (Wildman–Crippen MR) is 120 cm³/mol. The first kappa shape index (κ1) is 24.3. The Hall–Kier alpha value is -2.93. The van der Waals surface area contributed by atoms with E-state index in [9.17, 15) is 14.0 Å². The number of halogens is 1. The van der Waals surface area contributed by atoms with Crippen LogP contribution < -0.4 is 10.4 Å². The van der Waals surface area contributed by atoms with Gasteiger partial charge in [-0.1, -0.05) is 18.9 Å². The van der Waals surface area contributed by atoms with Gasteiger partial charge in [0.1, 0.15) is 5.82 Å². The summed E-state index contributed by atoms with van der Waals surface area (Å²) in [7, 11) is 3.54. The lowest BCUT2D eigenvalue weighted by atomic mass is 10.1. The van der Waals surface area contributed by atoms with Crippen molar-refractivity contribution in [3.63, 3.8) is 0 Å². The molecule has 0 heterocycles. The zero-order valence-corrected chi connectivity index (χ0v) is 18.7. The van der Waals surface area contributed by atoms with Crippen molar-refractivity contribution in [3.05, 3.63) is 58.9 Å². The van der Waals surface area contributed by atoms with Crippen molar-refractivity contribution < 1.29 is 19.2 Å². The lowest BCUT2D eigenvalue weighted by molar-refractivity contribution is -0.129. The summed E-state index contributed by atoms with van der Waals surface area (Å²) in [5.41, 5.74) is 5.56. The molecule has 6 nitrogen and oxygen atoms in total. The van der Waals surface area contributed by atoms with Gasteiger partial charge in [0.15, 0.2) is 0 Å². The molecule has 0 aromatic heterocycles. The number of carbonyl (C=O) groups is 2. The zero-order chi connectivity index (χ0) is 23.0. The van der Waals surface area contributed by atoms with E-state index in [1.54, 1.807) is 18.6 Å². The van der Waals surface area contributed by atoms with E-state index in [0.717, 1.165) is 36.1 Å². The number of hydrogen-bond acceptors (Lipinski definition) is 4. The second-order valence-corrected chi connectivity index (χ2v) is 7.99. The molecule has 0 aliphatic rings. The predicted octanol–water partition coefficient (Wildman–Crippen LogP) is 4.74. The molecular formula is C24H32FN3O3. The highest BCUT2D eigenvalue weighted by Crippen LogP contribution is 2.27. The summed E-state index contributed by atoms with van der Waals surface area (Å²) >= 11 is 0. The Morgan fingerprint density at radius 1 is 0.935 bits per heavy atom. The van der Waals surface area contributed by atoms with Crippen LogP contribution in [0.4, 0.5) is 15.8 Å². The minimum Gasteiger partial charge on any atom is -0.345 e. The number of hydrogen-bond donors (Lipinski definition) is 2. The monoisotopic (exact) mass is 429 g/mol. The van der Waals surface area contributed by atoms with E-state index in [1.165, 1.54) is 17.0 Å². The normalized spacial score (nSPS) is 10.6. The summed E-state index contributed by atoms with van der Waals surface area (Å²) in [6.07, 6.45) is 3.38. The first-order valence-electron chi connectivity index (χ1n) is 10.5. The molecule has 0 radical (unpaired) electrons. The van der Waals surface area contributed by atoms with Crippen LogP contribution in [0.5, 0.6) is 0 Å². The van der Waals surface area contributed by atoms with Crippen LogP contribution in [0.15, 0.2) is 36.4 Å². The molecule has 0 spiro atoms. The van der Waals surface area contributed by atoms with Crippen LogP contribution in [0.3, 0.4) is 0 Å². The highest BCUT2D eigenvalue weighted by Gasteiger charge is 2.17. The van der Waals surface area contributed by atoms with Gasteiger partial charge in [0.25, 0.3) is 5.91 Å². The Labute approximate surface area is 183 Å². The molecule has 2 N–H and O–H groups in total. The van der Waals surface area contributed by atoms with Crippen LogP contribution in [0, 0.1) is 19.7 Å². The molecule has 0 aliphatic heterocycles. The van der Waals surface area contributed by atoms with E-state index in [4.69, 9.17) is 5.21 Å². The lowest BCUT2D eigenvalue weighted by Crippen LogP contribution is -2.28. The van der Waals surface area contributed by atoms with Crippen molar-refractivity contribution in [1.29, 1.82) is 0 Å². The van der Waals surface area contributed by atoms with Crippen molar-refractivity contribution in [2.75, 3.05) is 25.5 Å². The fourth-order valence-corrected chi connectivity index (χ4v) is 3.53. The summed E-state index contributed by atoms with van der Waals surface area (Å²) in [4.78, 5) is 27.0. The number of unbranched alkanes of at least 4 members (excludes halogenated alkanes) is 3. The van der Waals surface area contributed by atoms with E-state index in [-0.39, 0.29) is 17.9 Å². The molecule has 2 aromatic rings. The molecule has 7 heteroatoms. The van der Waals surface area contributed by atoms with Crippen molar-refractivity contribution in [3.8, 4) is 0 Å². The van der Waals surface area contributed by atoms with Gasteiger partial charge in [0, 0.05) is 38.4 Å². The van der Waals surface area contributed by atoms with Gasteiger partial charge in [0.05, 0.1) is 5.56 Å². The van der Waals surface area contributed by atoms with Crippen LogP contribution >= 0.6 is 0 Å². The maximum atomic E-state index is 14.8. The number of carbonyl (C=O) groups excluding carboxylic acids is 2. The molecular weight excluding hydrogens is 397 g/mol. The largest absolute Gasteiger partial charge is 0.345 e. The van der Waals surface area contributed by atoms with E-state index in [0.29, 0.717) is 18.7 Å². The topological polar surface area (TPSA) is 72.9 Å². The second-order valence-electron chi connectivity index (χ2n) is 7.99. The summed E-state index contributed by atoms with van der Waals surface area (Å²) < 4.78 is 14.8. The first-order valence-corrected chi connectivity index (χ1v) is 10.5. The molecule has 0 bridgehead atoms. The van der Waals surface area contributed by atoms with Crippen LogP contribution in [0.25, 0.3) is 0 Å². The number of rotatable bonds is 10. The van der Waals surface area contributed by atoms with Crippen LogP contribution in [0.2, 0.25) is 0 Å². The van der Waals surface area contributed by atoms with Crippen LogP contribution in [-0.4, -0.2) is 42.6 Å². The van der Waals surface area contributed by atoms with Crippen LogP contribution in [-0.2, 0) is 4.79 Å². The van der Waals surface area contributed by atoms with Crippen LogP contribution in [0.1, 0.15) is 53.6 Å². The lowest BCUT2D eigenvalue weighted by Gasteiger charge is -2.22. The molecule has 31 heavy (non-hydrogen) atoms. The number of nitrogens with one attached hydrogen (secondary N) is 1. The standard InChI is InChI=1S/C24H32FN3O3/c1-17-13-18(2)15-20(14-17)28(4)19-10-11-21(22(25)16-19)24(30)27(3)12-8-6-5-7-9-23(29)26-31/h10-11,13-16,31H,5-9,12H2,1-4H3,(H,26,29). The summed E-state index contributed by atoms with van der Waals surface area (Å²) in [6.45, 7) is 4.55. The minimum atomic E-state index is -0.541. The Morgan fingerprint density at radius 3 is 2.19 bits per heavy atom. The van der Waals surface area contributed by atoms with Crippen molar-refractivity contribution in [2.24, 2.45) is 0 Å². The van der Waals surface area contributed by atoms with Gasteiger partial charge in [-0.2, -0.15) is 0 Å². The van der Waals surface area contributed by atoms with Gasteiger partial charge in [-0.05, 0) is 68.1 Å². The van der Waals surface area contributed by atoms with Gasteiger partial charge in [-0.25, -0.2) is 9.87 Å². The van der Waals surface area contributed by atoms with Gasteiger partial charge in [-0.15, -0.1) is 0 Å². The van der Waals surface area contributed by atoms with Crippen molar-refractivity contribution >= 4 is 23.2 Å². The van der Waals surface area contributed by atoms with E-state index in [1.807, 2.05) is 37.9 Å². The number of benzene rings is 2. The van der Waals surface area contributed by atoms with Crippen molar-refractivity contribution in [1.82, 2.24) is 10.4 Å². The molecule has 0 unspecified atom stereocenters. The molecule has 2 rings (SSSR count). The fourth-order valence-electron chi connectivity index (χ4n) is 3.53. The van der Waals surface area contributed by atoms with Gasteiger partial charge >= 0.3 is 0 Å². The highest BCUT2D eigenvalue weighted by atomic mass is 19.1. The van der Waals surface area contributed by atoms with E-state index < -0.39 is 11.7 Å². The zero-order valence-electron chi connectivity index (χ0n) is 18.7. The SMILES string of the molecule is Cc1cc(C)cc(N(C)c2ccc(C(=O)N(C)CCCCCCC(=O)NO)c(F)c2)c1. The number of anilines is 2. The number of amides is 2. The third-order valence-corrected chi connectivity index (χ3v) is 5.28. The Kier molecular flexibility index (Phi) is 9.00. The average molecular weight is 430 g/mol. The second kappa shape index (κ2) is 11.5. The Morgan fingerprint density at radius 2 is 1.58 bits per heavy atom. The quantitative estimate of drug-likeness (QED) is 0.325. The van der Waals surface area contributed by atoms with Gasteiger partial charge in [-0.3, -0.25) is 14.8 Å².